The Labute approximate surface area is 258 Å². The van der Waals surface area contributed by atoms with Gasteiger partial charge in [0.05, 0.1) is 12.1 Å². The van der Waals surface area contributed by atoms with Crippen molar-refractivity contribution >= 4 is 39.4 Å². The fourth-order valence-electron chi connectivity index (χ4n) is 7.18. The summed E-state index contributed by atoms with van der Waals surface area (Å²) in [5.74, 6) is 0.114. The molecule has 1 fully saturated rings. The number of pyridine rings is 1. The molecule has 226 valence electrons. The van der Waals surface area contributed by atoms with Gasteiger partial charge in [-0.2, -0.15) is 0 Å². The molecule has 3 aromatic heterocycles. The van der Waals surface area contributed by atoms with Crippen molar-refractivity contribution in [2.45, 2.75) is 66.8 Å². The molecule has 0 atom stereocenters. The lowest BCUT2D eigenvalue weighted by atomic mass is 9.82. The first-order valence-electron chi connectivity index (χ1n) is 15.6. The number of hydrogen-bond donors (Lipinski definition) is 2. The van der Waals surface area contributed by atoms with E-state index in [1.807, 2.05) is 6.92 Å². The molecule has 0 aliphatic carbocycles. The van der Waals surface area contributed by atoms with Crippen LogP contribution < -0.4 is 9.80 Å². The molecule has 0 amide bonds. The minimum absolute atomic E-state index is 0.0258. The summed E-state index contributed by atoms with van der Waals surface area (Å²) in [6, 6.07) is 13.2. The van der Waals surface area contributed by atoms with Crippen LogP contribution in [0.15, 0.2) is 42.7 Å². The highest BCUT2D eigenvalue weighted by Gasteiger charge is 2.31. The van der Waals surface area contributed by atoms with Gasteiger partial charge in [-0.05, 0) is 74.3 Å². The van der Waals surface area contributed by atoms with Gasteiger partial charge in [0.25, 0.3) is 0 Å². The van der Waals surface area contributed by atoms with E-state index in [9.17, 15) is 9.90 Å². The standard InChI is InChI=1S/C36H40N6O2/c1-21-6-9-29-28(16-21)32-33(40-29)35(38-20-37-32)42-13-10-24-17-25(7-8-26(24)19-42)31-23(3)39-22(2)27(18-30(43)44)34(31)41-14-11-36(4,5)12-15-41/h6-9,16-17,20,40H,10-15,18-19H2,1-5H3,(H,43,44). The highest BCUT2D eigenvalue weighted by Crippen LogP contribution is 2.42. The average molecular weight is 589 g/mol. The summed E-state index contributed by atoms with van der Waals surface area (Å²) in [4.78, 5) is 34.6. The number of aromatic nitrogens is 4. The van der Waals surface area contributed by atoms with E-state index in [0.29, 0.717) is 5.41 Å². The Kier molecular flexibility index (Phi) is 6.83. The van der Waals surface area contributed by atoms with Crippen LogP contribution >= 0.6 is 0 Å². The molecule has 44 heavy (non-hydrogen) atoms. The fraction of sp³-hybridized carbons (Fsp3) is 0.389. The number of nitrogens with zero attached hydrogens (tertiary/aromatic N) is 5. The average Bonchev–Trinajstić information content (AvgIpc) is 3.36. The highest BCUT2D eigenvalue weighted by atomic mass is 16.4. The van der Waals surface area contributed by atoms with Gasteiger partial charge >= 0.3 is 5.97 Å². The third-order valence-corrected chi connectivity index (χ3v) is 9.74. The summed E-state index contributed by atoms with van der Waals surface area (Å²) >= 11 is 0. The Bertz CT molecular complexity index is 1930. The summed E-state index contributed by atoms with van der Waals surface area (Å²) in [5, 5.41) is 11.0. The van der Waals surface area contributed by atoms with E-state index in [-0.39, 0.29) is 6.42 Å². The van der Waals surface area contributed by atoms with E-state index in [4.69, 9.17) is 9.97 Å². The molecule has 2 aliphatic rings. The second-order valence-corrected chi connectivity index (χ2v) is 13.5. The van der Waals surface area contributed by atoms with Crippen LogP contribution in [0.2, 0.25) is 0 Å². The Morgan fingerprint density at radius 2 is 1.75 bits per heavy atom. The van der Waals surface area contributed by atoms with E-state index in [0.717, 1.165) is 107 Å². The van der Waals surface area contributed by atoms with Crippen molar-refractivity contribution in [1.82, 2.24) is 19.9 Å². The van der Waals surface area contributed by atoms with Crippen LogP contribution in [0, 0.1) is 26.2 Å². The third kappa shape index (κ3) is 4.96. The quantitative estimate of drug-likeness (QED) is 0.230. The molecule has 8 heteroatoms. The Morgan fingerprint density at radius 3 is 2.52 bits per heavy atom. The third-order valence-electron chi connectivity index (χ3n) is 9.74. The largest absolute Gasteiger partial charge is 0.481 e. The number of fused-ring (bicyclic) bond motifs is 4. The lowest BCUT2D eigenvalue weighted by molar-refractivity contribution is -0.136. The summed E-state index contributed by atoms with van der Waals surface area (Å²) in [5.41, 5.74) is 13.0. The number of carbonyl (C=O) groups is 1. The number of piperidine rings is 1. The van der Waals surface area contributed by atoms with E-state index < -0.39 is 5.97 Å². The van der Waals surface area contributed by atoms with Gasteiger partial charge in [-0.1, -0.05) is 43.7 Å². The van der Waals surface area contributed by atoms with Gasteiger partial charge in [0, 0.05) is 59.6 Å². The molecule has 1 saturated heterocycles. The Balaban J connectivity index is 1.26. The maximum atomic E-state index is 12.0. The van der Waals surface area contributed by atoms with Crippen LogP contribution in [0.3, 0.4) is 0 Å². The number of H-pyrrole nitrogens is 1. The van der Waals surface area contributed by atoms with E-state index in [1.165, 1.54) is 16.7 Å². The van der Waals surface area contributed by atoms with Crippen molar-refractivity contribution in [3.63, 3.8) is 0 Å². The van der Waals surface area contributed by atoms with Gasteiger partial charge < -0.3 is 19.9 Å². The molecule has 2 aromatic carbocycles. The van der Waals surface area contributed by atoms with Gasteiger partial charge in [-0.3, -0.25) is 9.78 Å². The molecule has 2 aliphatic heterocycles. The summed E-state index contributed by atoms with van der Waals surface area (Å²) in [6.45, 7) is 14.2. The van der Waals surface area contributed by atoms with Crippen molar-refractivity contribution in [1.29, 1.82) is 0 Å². The van der Waals surface area contributed by atoms with Crippen LogP contribution in [-0.4, -0.2) is 50.6 Å². The lowest BCUT2D eigenvalue weighted by Crippen LogP contribution is -2.38. The van der Waals surface area contributed by atoms with Gasteiger partial charge in [0.1, 0.15) is 17.4 Å². The molecule has 0 spiro atoms. The zero-order valence-corrected chi connectivity index (χ0v) is 26.3. The number of anilines is 2. The van der Waals surface area contributed by atoms with Gasteiger partial charge in [-0.15, -0.1) is 0 Å². The first kappa shape index (κ1) is 28.3. The number of carboxylic acids is 1. The van der Waals surface area contributed by atoms with Gasteiger partial charge in [0.2, 0.25) is 0 Å². The van der Waals surface area contributed by atoms with Crippen LogP contribution in [0.5, 0.6) is 0 Å². The monoisotopic (exact) mass is 588 g/mol. The van der Waals surface area contributed by atoms with E-state index in [2.05, 4.69) is 83.9 Å². The highest BCUT2D eigenvalue weighted by molar-refractivity contribution is 6.08. The first-order chi connectivity index (χ1) is 21.1. The maximum absolute atomic E-state index is 12.0. The van der Waals surface area contributed by atoms with E-state index in [1.54, 1.807) is 6.33 Å². The molecule has 0 unspecified atom stereocenters. The Morgan fingerprint density at radius 1 is 0.955 bits per heavy atom. The molecule has 0 bridgehead atoms. The fourth-order valence-corrected chi connectivity index (χ4v) is 7.18. The molecule has 0 saturated carbocycles. The second-order valence-electron chi connectivity index (χ2n) is 13.5. The van der Waals surface area contributed by atoms with Gasteiger partial charge in [0.15, 0.2) is 5.82 Å². The number of aliphatic carboxylic acids is 1. The summed E-state index contributed by atoms with van der Waals surface area (Å²) in [6.07, 6.45) is 4.69. The minimum Gasteiger partial charge on any atom is -0.481 e. The Hall–Kier alpha value is -4.46. The molecule has 7 rings (SSSR count). The number of rotatable bonds is 5. The minimum atomic E-state index is -0.822. The molecule has 5 aromatic rings. The van der Waals surface area contributed by atoms with Crippen molar-refractivity contribution in [2.75, 3.05) is 29.4 Å². The second kappa shape index (κ2) is 10.6. The predicted molar refractivity (Wildman–Crippen MR) is 177 cm³/mol. The first-order valence-corrected chi connectivity index (χ1v) is 15.6. The molecule has 5 heterocycles. The van der Waals surface area contributed by atoms with Crippen molar-refractivity contribution in [2.24, 2.45) is 5.41 Å². The van der Waals surface area contributed by atoms with Gasteiger partial charge in [-0.25, -0.2) is 9.97 Å². The number of nitrogens with one attached hydrogen (secondary N) is 1. The van der Waals surface area contributed by atoms with Crippen molar-refractivity contribution < 1.29 is 9.90 Å². The zero-order chi connectivity index (χ0) is 30.7. The summed E-state index contributed by atoms with van der Waals surface area (Å²) < 4.78 is 0. The molecule has 2 N–H and O–H groups in total. The smallest absolute Gasteiger partial charge is 0.307 e. The zero-order valence-electron chi connectivity index (χ0n) is 26.3. The van der Waals surface area contributed by atoms with Crippen molar-refractivity contribution in [3.05, 3.63) is 76.4 Å². The van der Waals surface area contributed by atoms with Crippen LogP contribution in [0.1, 0.15) is 60.3 Å². The molecular weight excluding hydrogens is 548 g/mol. The molecule has 0 radical (unpaired) electrons. The normalized spacial score (nSPS) is 16.5. The summed E-state index contributed by atoms with van der Waals surface area (Å²) in [7, 11) is 0. The number of aryl methyl sites for hydroxylation is 3. The van der Waals surface area contributed by atoms with Crippen LogP contribution in [0.25, 0.3) is 33.1 Å². The number of aromatic amines is 1. The topological polar surface area (TPSA) is 98.2 Å². The van der Waals surface area contributed by atoms with Crippen LogP contribution in [0.4, 0.5) is 11.5 Å². The molecular formula is C36H40N6O2. The molecule has 8 nitrogen and oxygen atoms in total. The van der Waals surface area contributed by atoms with Crippen LogP contribution in [-0.2, 0) is 24.2 Å². The van der Waals surface area contributed by atoms with E-state index >= 15 is 0 Å². The lowest BCUT2D eigenvalue weighted by Gasteiger charge is -2.40. The number of carboxylic acid groups (broad SMARTS) is 1. The SMILES string of the molecule is Cc1ccc2[nH]c3c(N4CCc5cc(-c6c(C)nc(C)c(CC(=O)O)c6N6CCC(C)(C)CC6)ccc5C4)ncnc3c2c1. The maximum Gasteiger partial charge on any atom is 0.307 e. The number of benzene rings is 2. The number of hydrogen-bond acceptors (Lipinski definition) is 6. The van der Waals surface area contributed by atoms with Crippen molar-refractivity contribution in [3.8, 4) is 11.1 Å². The predicted octanol–water partition coefficient (Wildman–Crippen LogP) is 6.91.